The molecule has 2 aromatic rings. The maximum atomic E-state index is 15.6. The maximum Gasteiger partial charge on any atom is 0.410 e. The molecule has 5 rings (SSSR count). The third kappa shape index (κ3) is 9.76. The van der Waals surface area contributed by atoms with E-state index in [-0.39, 0.29) is 61.0 Å². The van der Waals surface area contributed by atoms with E-state index in [0.29, 0.717) is 24.5 Å². The number of carbonyl (C=O) groups is 2. The average molecular weight is 761 g/mol. The minimum Gasteiger partial charge on any atom is -0.444 e. The van der Waals surface area contributed by atoms with Crippen LogP contribution in [0.25, 0.3) is 10.4 Å². The summed E-state index contributed by atoms with van der Waals surface area (Å²) in [6.07, 6.45) is 3.95. The fourth-order valence-electron chi connectivity index (χ4n) is 7.95. The first-order valence-electron chi connectivity index (χ1n) is 18.2. The normalized spacial score (nSPS) is 25.6. The van der Waals surface area contributed by atoms with Crippen LogP contribution in [0.4, 0.5) is 14.9 Å². The number of fused-ring (bicyclic) bond motifs is 2. The van der Waals surface area contributed by atoms with Gasteiger partial charge in [0, 0.05) is 58.9 Å². The predicted molar refractivity (Wildman–Crippen MR) is 198 cm³/mol. The van der Waals surface area contributed by atoms with E-state index in [0.717, 1.165) is 31.2 Å². The standard InChI is InChI=1S/C37H50ClFN6O6S/c1-5-50-29-18-13-25(14-19-29)33(24-11-15-26(38)16-12-24)34(42-43-40)35(46)41-32-10-6-9-31(39)30(32)20-17-28-22-44(36(47)51-37(2,3)4)27-8-7-21-52(48,49)45(28)23-27/h6,9-12,15-16,25,27-29,33-34H,5,7-8,13-14,17-23H2,1-4H3,(H,41,46)/t25?,27-,28+,29?,33+,34?/m1/s1. The van der Waals surface area contributed by atoms with Gasteiger partial charge in [0.25, 0.3) is 0 Å². The van der Waals surface area contributed by atoms with Crippen LogP contribution in [-0.2, 0) is 30.7 Å². The van der Waals surface area contributed by atoms with E-state index >= 15 is 4.39 Å². The minimum atomic E-state index is -3.61. The van der Waals surface area contributed by atoms with Crippen molar-refractivity contribution in [2.45, 2.75) is 115 Å². The molecular weight excluding hydrogens is 711 g/mol. The van der Waals surface area contributed by atoms with Gasteiger partial charge >= 0.3 is 6.09 Å². The zero-order valence-electron chi connectivity index (χ0n) is 30.3. The molecule has 2 saturated heterocycles. The number of nitrogens with one attached hydrogen (secondary N) is 1. The summed E-state index contributed by atoms with van der Waals surface area (Å²) >= 11 is 6.21. The molecule has 1 aliphatic carbocycles. The second kappa shape index (κ2) is 17.2. The molecule has 15 heteroatoms. The molecule has 284 valence electrons. The van der Waals surface area contributed by atoms with Crippen LogP contribution in [0.15, 0.2) is 47.6 Å². The Morgan fingerprint density at radius 3 is 2.46 bits per heavy atom. The number of anilines is 1. The molecule has 2 amide bonds. The van der Waals surface area contributed by atoms with E-state index in [1.54, 1.807) is 43.9 Å². The molecule has 2 heterocycles. The van der Waals surface area contributed by atoms with Gasteiger partial charge in [-0.1, -0.05) is 34.9 Å². The molecule has 1 N–H and O–H groups in total. The maximum absolute atomic E-state index is 15.6. The molecule has 1 saturated carbocycles. The van der Waals surface area contributed by atoms with Crippen LogP contribution in [0.1, 0.15) is 89.7 Å². The summed E-state index contributed by atoms with van der Waals surface area (Å²) in [4.78, 5) is 32.1. The molecule has 0 radical (unpaired) electrons. The first-order chi connectivity index (χ1) is 24.7. The summed E-state index contributed by atoms with van der Waals surface area (Å²) < 4.78 is 55.3. The summed E-state index contributed by atoms with van der Waals surface area (Å²) in [7, 11) is -3.61. The topological polar surface area (TPSA) is 154 Å². The van der Waals surface area contributed by atoms with Crippen molar-refractivity contribution in [2.24, 2.45) is 11.0 Å². The van der Waals surface area contributed by atoms with Crippen molar-refractivity contribution in [3.63, 3.8) is 0 Å². The quantitative estimate of drug-likeness (QED) is 0.140. The van der Waals surface area contributed by atoms with Crippen molar-refractivity contribution < 1.29 is 31.9 Å². The summed E-state index contributed by atoms with van der Waals surface area (Å²) in [6, 6.07) is 9.41. The van der Waals surface area contributed by atoms with Crippen molar-refractivity contribution >= 4 is 39.3 Å². The van der Waals surface area contributed by atoms with Crippen LogP contribution in [0.5, 0.6) is 0 Å². The lowest BCUT2D eigenvalue weighted by atomic mass is 9.72. The number of ether oxygens (including phenoxy) is 2. The fraction of sp³-hybridized carbons (Fsp3) is 0.622. The SMILES string of the molecule is CCOC1CCC([C@H](c2ccc(Cl)cc2)C(N=[N+]=[N-])C(=O)Nc2cccc(F)c2CC[C@H]2CN(C(=O)OC(C)(C)C)[C@@H]3CCCS(=O)(=O)N2C3)CC1. The Morgan fingerprint density at radius 1 is 1.10 bits per heavy atom. The summed E-state index contributed by atoms with van der Waals surface area (Å²) in [5.41, 5.74) is 10.1. The van der Waals surface area contributed by atoms with Crippen molar-refractivity contribution in [1.29, 1.82) is 0 Å². The number of rotatable bonds is 11. The zero-order valence-corrected chi connectivity index (χ0v) is 31.9. The molecule has 3 aliphatic rings. The second-order valence-electron chi connectivity index (χ2n) is 15.0. The van der Waals surface area contributed by atoms with Crippen molar-refractivity contribution in [2.75, 3.05) is 30.8 Å². The Morgan fingerprint density at radius 2 is 1.81 bits per heavy atom. The van der Waals surface area contributed by atoms with Gasteiger partial charge in [-0.15, -0.1) is 0 Å². The van der Waals surface area contributed by atoms with E-state index in [4.69, 9.17) is 21.1 Å². The molecule has 0 aromatic heterocycles. The lowest BCUT2D eigenvalue weighted by Gasteiger charge is -2.44. The van der Waals surface area contributed by atoms with E-state index in [2.05, 4.69) is 15.3 Å². The Hall–Kier alpha value is -3.42. The van der Waals surface area contributed by atoms with E-state index in [1.165, 1.54) is 16.4 Å². The predicted octanol–water partition coefficient (Wildman–Crippen LogP) is 7.82. The highest BCUT2D eigenvalue weighted by Crippen LogP contribution is 2.41. The molecule has 0 spiro atoms. The monoisotopic (exact) mass is 760 g/mol. The van der Waals surface area contributed by atoms with Crippen LogP contribution in [-0.4, -0.2) is 84.9 Å². The number of azide groups is 1. The number of benzene rings is 2. The lowest BCUT2D eigenvalue weighted by molar-refractivity contribution is -0.118. The third-order valence-corrected chi connectivity index (χ3v) is 12.6. The highest BCUT2D eigenvalue weighted by atomic mass is 35.5. The molecule has 2 aliphatic heterocycles. The van der Waals surface area contributed by atoms with Crippen LogP contribution >= 0.6 is 11.6 Å². The highest BCUT2D eigenvalue weighted by Gasteiger charge is 2.44. The summed E-state index contributed by atoms with van der Waals surface area (Å²) in [5, 5.41) is 7.42. The molecule has 3 fully saturated rings. The van der Waals surface area contributed by atoms with Crippen molar-refractivity contribution in [1.82, 2.24) is 9.21 Å². The average Bonchev–Trinajstić information content (AvgIpc) is 3.21. The van der Waals surface area contributed by atoms with Crippen LogP contribution in [0, 0.1) is 11.7 Å². The number of hydrogen-bond acceptors (Lipinski definition) is 7. The Labute approximate surface area is 311 Å². The van der Waals surface area contributed by atoms with Gasteiger partial charge in [0.1, 0.15) is 17.5 Å². The van der Waals surface area contributed by atoms with Crippen molar-refractivity contribution in [3.8, 4) is 0 Å². The van der Waals surface area contributed by atoms with Gasteiger partial charge in [-0.25, -0.2) is 17.6 Å². The Kier molecular flexibility index (Phi) is 13.1. The second-order valence-corrected chi connectivity index (χ2v) is 17.5. The van der Waals surface area contributed by atoms with Gasteiger partial charge in [0.05, 0.1) is 11.9 Å². The first-order valence-corrected chi connectivity index (χ1v) is 20.2. The summed E-state index contributed by atoms with van der Waals surface area (Å²) in [5.74, 6) is -1.66. The molecule has 2 bridgehead atoms. The first kappa shape index (κ1) is 39.8. The minimum absolute atomic E-state index is 0.00438. The van der Waals surface area contributed by atoms with Gasteiger partial charge in [-0.3, -0.25) is 4.79 Å². The van der Waals surface area contributed by atoms with Crippen molar-refractivity contribution in [3.05, 3.63) is 74.9 Å². The largest absolute Gasteiger partial charge is 0.444 e. The molecule has 12 nitrogen and oxygen atoms in total. The number of carbonyl (C=O) groups excluding carboxylic acids is 2. The molecule has 5 atom stereocenters. The third-order valence-electron chi connectivity index (χ3n) is 10.3. The smallest absolute Gasteiger partial charge is 0.410 e. The molecular formula is C37H50ClFN6O6S. The van der Waals surface area contributed by atoms with Crippen LogP contribution in [0.2, 0.25) is 5.02 Å². The number of hydrogen-bond donors (Lipinski definition) is 1. The number of piperazine rings is 1. The van der Waals surface area contributed by atoms with E-state index in [9.17, 15) is 23.5 Å². The Bertz CT molecular complexity index is 1730. The van der Waals surface area contributed by atoms with E-state index < -0.39 is 51.4 Å². The molecule has 2 aromatic carbocycles. The molecule has 52 heavy (non-hydrogen) atoms. The van der Waals surface area contributed by atoms with Crippen LogP contribution in [0.3, 0.4) is 0 Å². The van der Waals surface area contributed by atoms with Gasteiger partial charge in [-0.2, -0.15) is 4.31 Å². The number of nitrogens with zero attached hydrogens (tertiary/aromatic N) is 5. The van der Waals surface area contributed by atoms with Gasteiger partial charge in [0.15, 0.2) is 0 Å². The number of halogens is 2. The van der Waals surface area contributed by atoms with Gasteiger partial charge in [0.2, 0.25) is 15.9 Å². The highest BCUT2D eigenvalue weighted by molar-refractivity contribution is 7.89. The molecule has 2 unspecified atom stereocenters. The van der Waals surface area contributed by atoms with Crippen LogP contribution < -0.4 is 5.32 Å². The zero-order chi connectivity index (χ0) is 37.6. The fourth-order valence-corrected chi connectivity index (χ4v) is 9.86. The Balaban J connectivity index is 1.39. The van der Waals surface area contributed by atoms with Gasteiger partial charge in [-0.05, 0) is 120 Å². The van der Waals surface area contributed by atoms with E-state index in [1.807, 2.05) is 19.1 Å². The van der Waals surface area contributed by atoms with Gasteiger partial charge < -0.3 is 19.7 Å². The lowest BCUT2D eigenvalue weighted by Crippen LogP contribution is -2.60. The summed E-state index contributed by atoms with van der Waals surface area (Å²) in [6.45, 7) is 8.16. The number of amides is 2. The number of sulfonamides is 1.